The molecule has 0 heterocycles. The highest BCUT2D eigenvalue weighted by atomic mass is 32.2. The first-order valence-corrected chi connectivity index (χ1v) is 8.71. The molecule has 0 bridgehead atoms. The van der Waals surface area contributed by atoms with Gasteiger partial charge >= 0.3 is 0 Å². The van der Waals surface area contributed by atoms with Crippen molar-refractivity contribution in [3.8, 4) is 6.07 Å². The normalized spacial score (nSPS) is 11.7. The van der Waals surface area contributed by atoms with Gasteiger partial charge in [-0.05, 0) is 29.0 Å². The summed E-state index contributed by atoms with van der Waals surface area (Å²) in [6.07, 6.45) is 0. The number of nitrogens with zero attached hydrogens (tertiary/aromatic N) is 1. The summed E-state index contributed by atoms with van der Waals surface area (Å²) in [5.41, 5.74) is 0.175. The lowest BCUT2D eigenvalue weighted by molar-refractivity contribution is -0.118. The molecule has 0 aliphatic heterocycles. The average molecular weight is 350 g/mol. The van der Waals surface area contributed by atoms with Gasteiger partial charge in [-0.2, -0.15) is 5.26 Å². The summed E-state index contributed by atoms with van der Waals surface area (Å²) in [6, 6.07) is 20.9. The van der Waals surface area contributed by atoms with Crippen molar-refractivity contribution in [1.82, 2.24) is 5.32 Å². The molecule has 0 spiro atoms. The standard InChI is InChI=1S/C20H15FN2OS/c21-18-8-4-3-7-17(18)19(12-22)23-20(24)13-25-16-10-9-14-5-1-2-6-15(14)11-16/h1-11,19H,13H2,(H,23,24). The maximum Gasteiger partial charge on any atom is 0.231 e. The van der Waals surface area contributed by atoms with Crippen molar-refractivity contribution >= 4 is 28.4 Å². The molecule has 0 aromatic heterocycles. The molecule has 3 aromatic carbocycles. The highest BCUT2D eigenvalue weighted by Gasteiger charge is 2.17. The number of thioether (sulfide) groups is 1. The Kier molecular flexibility index (Phi) is 5.32. The molecule has 0 fully saturated rings. The molecule has 0 radical (unpaired) electrons. The molecule has 1 N–H and O–H groups in total. The fraction of sp³-hybridized carbons (Fsp3) is 0.100. The zero-order chi connectivity index (χ0) is 17.6. The third kappa shape index (κ3) is 4.17. The minimum absolute atomic E-state index is 0.158. The van der Waals surface area contributed by atoms with Crippen LogP contribution in [0.2, 0.25) is 0 Å². The Morgan fingerprint density at radius 2 is 1.80 bits per heavy atom. The first-order chi connectivity index (χ1) is 12.2. The number of hydrogen-bond donors (Lipinski definition) is 1. The van der Waals surface area contributed by atoms with E-state index < -0.39 is 11.9 Å². The quantitative estimate of drug-likeness (QED) is 0.692. The number of nitriles is 1. The van der Waals surface area contributed by atoms with Gasteiger partial charge in [-0.1, -0.05) is 48.5 Å². The van der Waals surface area contributed by atoms with Crippen LogP contribution in [0.4, 0.5) is 4.39 Å². The molecule has 1 atom stereocenters. The van der Waals surface area contributed by atoms with Crippen LogP contribution in [0.15, 0.2) is 71.6 Å². The molecular weight excluding hydrogens is 335 g/mol. The van der Waals surface area contributed by atoms with Gasteiger partial charge in [0.1, 0.15) is 11.9 Å². The maximum absolute atomic E-state index is 13.8. The van der Waals surface area contributed by atoms with E-state index in [4.69, 9.17) is 0 Å². The number of fused-ring (bicyclic) bond motifs is 1. The first-order valence-electron chi connectivity index (χ1n) is 7.72. The lowest BCUT2D eigenvalue weighted by Crippen LogP contribution is -2.29. The van der Waals surface area contributed by atoms with Crippen LogP contribution in [0.5, 0.6) is 0 Å². The molecule has 124 valence electrons. The van der Waals surface area contributed by atoms with Crippen LogP contribution >= 0.6 is 11.8 Å². The fourth-order valence-corrected chi connectivity index (χ4v) is 3.25. The number of carbonyl (C=O) groups is 1. The lowest BCUT2D eigenvalue weighted by atomic mass is 10.1. The molecule has 3 rings (SSSR count). The van der Waals surface area contributed by atoms with Crippen LogP contribution in [0, 0.1) is 17.1 Å². The van der Waals surface area contributed by atoms with Gasteiger partial charge in [0.2, 0.25) is 5.91 Å². The summed E-state index contributed by atoms with van der Waals surface area (Å²) in [5, 5.41) is 14.0. The Morgan fingerprint density at radius 1 is 1.08 bits per heavy atom. The second-order valence-electron chi connectivity index (χ2n) is 5.45. The van der Waals surface area contributed by atoms with Crippen LogP contribution in [0.3, 0.4) is 0 Å². The number of amides is 1. The van der Waals surface area contributed by atoms with Crippen LogP contribution in [-0.4, -0.2) is 11.7 Å². The second-order valence-corrected chi connectivity index (χ2v) is 6.50. The molecule has 0 aliphatic rings. The smallest absolute Gasteiger partial charge is 0.231 e. The number of halogens is 1. The molecule has 3 nitrogen and oxygen atoms in total. The van der Waals surface area contributed by atoms with E-state index in [1.807, 2.05) is 48.5 Å². The molecule has 1 amide bonds. The largest absolute Gasteiger partial charge is 0.336 e. The minimum Gasteiger partial charge on any atom is -0.336 e. The van der Waals surface area contributed by atoms with E-state index in [-0.39, 0.29) is 17.2 Å². The topological polar surface area (TPSA) is 52.9 Å². The lowest BCUT2D eigenvalue weighted by Gasteiger charge is -2.12. The van der Waals surface area contributed by atoms with Crippen molar-refractivity contribution in [2.45, 2.75) is 10.9 Å². The van der Waals surface area contributed by atoms with E-state index in [0.717, 1.165) is 15.7 Å². The van der Waals surface area contributed by atoms with Crippen molar-refractivity contribution in [2.75, 3.05) is 5.75 Å². The SMILES string of the molecule is N#CC(NC(=O)CSc1ccc2ccccc2c1)c1ccccc1F. The van der Waals surface area contributed by atoms with E-state index in [0.29, 0.717) is 0 Å². The van der Waals surface area contributed by atoms with E-state index in [9.17, 15) is 14.4 Å². The van der Waals surface area contributed by atoms with E-state index in [1.165, 1.54) is 23.9 Å². The Labute approximate surface area is 149 Å². The second kappa shape index (κ2) is 7.82. The Morgan fingerprint density at radius 3 is 2.56 bits per heavy atom. The molecule has 5 heteroatoms. The van der Waals surface area contributed by atoms with Crippen LogP contribution in [0.1, 0.15) is 11.6 Å². The summed E-state index contributed by atoms with van der Waals surface area (Å²) in [7, 11) is 0. The maximum atomic E-state index is 13.8. The number of carbonyl (C=O) groups excluding carboxylic acids is 1. The summed E-state index contributed by atoms with van der Waals surface area (Å²) in [5.74, 6) is -0.658. The molecule has 3 aromatic rings. The molecule has 1 unspecified atom stereocenters. The first kappa shape index (κ1) is 17.0. The number of hydrogen-bond acceptors (Lipinski definition) is 3. The molecule has 0 saturated carbocycles. The van der Waals surface area contributed by atoms with Crippen LogP contribution in [-0.2, 0) is 4.79 Å². The zero-order valence-electron chi connectivity index (χ0n) is 13.3. The zero-order valence-corrected chi connectivity index (χ0v) is 14.1. The van der Waals surface area contributed by atoms with Gasteiger partial charge in [-0.3, -0.25) is 4.79 Å². The molecule has 25 heavy (non-hydrogen) atoms. The van der Waals surface area contributed by atoms with Gasteiger partial charge in [0.15, 0.2) is 0 Å². The Hall–Kier alpha value is -2.84. The van der Waals surface area contributed by atoms with E-state index in [1.54, 1.807) is 12.1 Å². The molecule has 0 aliphatic carbocycles. The highest BCUT2D eigenvalue weighted by molar-refractivity contribution is 8.00. The summed E-state index contributed by atoms with van der Waals surface area (Å²) in [6.45, 7) is 0. The Bertz CT molecular complexity index is 952. The van der Waals surface area contributed by atoms with Crippen LogP contribution < -0.4 is 5.32 Å². The van der Waals surface area contributed by atoms with Gasteiger partial charge in [-0.25, -0.2) is 4.39 Å². The van der Waals surface area contributed by atoms with Gasteiger partial charge in [-0.15, -0.1) is 11.8 Å². The van der Waals surface area contributed by atoms with Crippen molar-refractivity contribution in [2.24, 2.45) is 0 Å². The van der Waals surface area contributed by atoms with Crippen molar-refractivity contribution in [3.63, 3.8) is 0 Å². The summed E-state index contributed by atoms with van der Waals surface area (Å²) in [4.78, 5) is 13.1. The number of benzene rings is 3. The van der Waals surface area contributed by atoms with Crippen molar-refractivity contribution in [1.29, 1.82) is 5.26 Å². The summed E-state index contributed by atoms with van der Waals surface area (Å²) < 4.78 is 13.8. The molecular formula is C20H15FN2OS. The van der Waals surface area contributed by atoms with Gasteiger partial charge in [0.25, 0.3) is 0 Å². The van der Waals surface area contributed by atoms with Crippen LogP contribution in [0.25, 0.3) is 10.8 Å². The predicted octanol–water partition coefficient (Wildman–Crippen LogP) is 4.45. The Balaban J connectivity index is 1.63. The average Bonchev–Trinajstić information content (AvgIpc) is 2.65. The van der Waals surface area contributed by atoms with E-state index in [2.05, 4.69) is 5.32 Å². The van der Waals surface area contributed by atoms with Gasteiger partial charge in [0.05, 0.1) is 11.8 Å². The third-order valence-corrected chi connectivity index (χ3v) is 4.74. The predicted molar refractivity (Wildman–Crippen MR) is 97.6 cm³/mol. The van der Waals surface area contributed by atoms with E-state index >= 15 is 0 Å². The fourth-order valence-electron chi connectivity index (χ4n) is 2.50. The number of rotatable bonds is 5. The number of nitrogens with one attached hydrogen (secondary N) is 1. The molecule has 0 saturated heterocycles. The summed E-state index contributed by atoms with van der Waals surface area (Å²) >= 11 is 1.38. The monoisotopic (exact) mass is 350 g/mol. The van der Waals surface area contributed by atoms with Gasteiger partial charge in [0, 0.05) is 10.5 Å². The highest BCUT2D eigenvalue weighted by Crippen LogP contribution is 2.24. The van der Waals surface area contributed by atoms with Crippen molar-refractivity contribution < 1.29 is 9.18 Å². The third-order valence-electron chi connectivity index (χ3n) is 3.74. The minimum atomic E-state index is -0.995. The van der Waals surface area contributed by atoms with Gasteiger partial charge < -0.3 is 5.32 Å². The van der Waals surface area contributed by atoms with Crippen molar-refractivity contribution in [3.05, 3.63) is 78.1 Å².